The van der Waals surface area contributed by atoms with Crippen molar-refractivity contribution < 1.29 is 8.42 Å². The van der Waals surface area contributed by atoms with Gasteiger partial charge in [-0.25, -0.2) is 13.6 Å². The lowest BCUT2D eigenvalue weighted by atomic mass is 10.1. The Hall–Kier alpha value is -0.650. The molecule has 0 spiro atoms. The van der Waals surface area contributed by atoms with Crippen molar-refractivity contribution in [3.63, 3.8) is 0 Å². The van der Waals surface area contributed by atoms with Crippen molar-refractivity contribution in [1.29, 1.82) is 0 Å². The molecule has 11 heavy (non-hydrogen) atoms. The zero-order valence-electron chi connectivity index (χ0n) is 5.90. The smallest absolute Gasteiger partial charge is 0.237 e. The Balaban J connectivity index is 2.89. The van der Waals surface area contributed by atoms with Crippen LogP contribution in [0.4, 0.5) is 0 Å². The Bertz CT molecular complexity index is 303. The highest BCUT2D eigenvalue weighted by Gasteiger charge is 2.12. The molecule has 4 nitrogen and oxygen atoms in total. The highest BCUT2D eigenvalue weighted by molar-refractivity contribution is 7.93. The summed E-state index contributed by atoms with van der Waals surface area (Å²) in [6.07, 6.45) is 5.12. The lowest BCUT2D eigenvalue weighted by Gasteiger charge is -2.09. The van der Waals surface area contributed by atoms with Gasteiger partial charge in [-0.05, 0) is 12.5 Å². The largest absolute Gasteiger partial charge is 0.324 e. The minimum absolute atomic E-state index is 0.0829. The van der Waals surface area contributed by atoms with Gasteiger partial charge in [-0.3, -0.25) is 0 Å². The van der Waals surface area contributed by atoms with Gasteiger partial charge in [0, 0.05) is 6.04 Å². The van der Waals surface area contributed by atoms with Gasteiger partial charge in [0.05, 0.1) is 4.91 Å². The molecule has 0 aromatic heterocycles. The quantitative estimate of drug-likeness (QED) is 0.559. The lowest BCUT2D eigenvalue weighted by molar-refractivity contribution is 0.604. The molecule has 1 aliphatic carbocycles. The van der Waals surface area contributed by atoms with Crippen LogP contribution in [0.3, 0.4) is 0 Å². The Morgan fingerprint density at radius 2 is 2.18 bits per heavy atom. The Labute approximate surface area is 65.6 Å². The summed E-state index contributed by atoms with van der Waals surface area (Å²) in [4.78, 5) is 0.152. The molecule has 1 unspecified atom stereocenters. The molecule has 0 radical (unpaired) electrons. The van der Waals surface area contributed by atoms with E-state index in [1.165, 1.54) is 12.2 Å². The zero-order valence-corrected chi connectivity index (χ0v) is 6.71. The van der Waals surface area contributed by atoms with Crippen LogP contribution in [0, 0.1) is 0 Å². The SMILES string of the molecule is NC1C=CC(S(N)(=O)=O)=CC1. The average Bonchev–Trinajstić information content (AvgIpc) is 1.86. The van der Waals surface area contributed by atoms with Crippen molar-refractivity contribution in [2.24, 2.45) is 10.9 Å². The Kier molecular flexibility index (Phi) is 2.12. The highest BCUT2D eigenvalue weighted by Crippen LogP contribution is 2.12. The van der Waals surface area contributed by atoms with E-state index in [9.17, 15) is 8.42 Å². The molecule has 0 aromatic carbocycles. The second kappa shape index (κ2) is 2.77. The van der Waals surface area contributed by atoms with Crippen LogP contribution in [0.2, 0.25) is 0 Å². The molecular formula is C6H10N2O2S. The van der Waals surface area contributed by atoms with Crippen molar-refractivity contribution >= 4 is 10.0 Å². The van der Waals surface area contributed by atoms with E-state index in [0.29, 0.717) is 6.42 Å². The zero-order chi connectivity index (χ0) is 8.48. The Morgan fingerprint density at radius 3 is 2.55 bits per heavy atom. The van der Waals surface area contributed by atoms with E-state index in [4.69, 9.17) is 10.9 Å². The van der Waals surface area contributed by atoms with E-state index in [1.807, 2.05) is 0 Å². The number of hydrogen-bond acceptors (Lipinski definition) is 3. The molecule has 0 aliphatic heterocycles. The van der Waals surface area contributed by atoms with E-state index in [-0.39, 0.29) is 10.9 Å². The molecule has 0 bridgehead atoms. The van der Waals surface area contributed by atoms with Crippen LogP contribution in [-0.4, -0.2) is 14.5 Å². The minimum atomic E-state index is -3.53. The summed E-state index contributed by atoms with van der Waals surface area (Å²) >= 11 is 0. The third-order valence-corrected chi connectivity index (χ3v) is 2.39. The Morgan fingerprint density at radius 1 is 1.55 bits per heavy atom. The van der Waals surface area contributed by atoms with Gasteiger partial charge < -0.3 is 5.73 Å². The van der Waals surface area contributed by atoms with Gasteiger partial charge in [0.2, 0.25) is 10.0 Å². The van der Waals surface area contributed by atoms with Crippen LogP contribution in [0.5, 0.6) is 0 Å². The fraction of sp³-hybridized carbons (Fsp3) is 0.333. The van der Waals surface area contributed by atoms with Crippen LogP contribution in [-0.2, 0) is 10.0 Å². The fourth-order valence-corrected chi connectivity index (χ4v) is 1.43. The molecule has 5 heteroatoms. The summed E-state index contributed by atoms with van der Waals surface area (Å²) in [6, 6.07) is -0.0829. The molecule has 0 heterocycles. The summed E-state index contributed by atoms with van der Waals surface area (Å²) in [7, 11) is -3.53. The molecule has 1 rings (SSSR count). The maximum Gasteiger partial charge on any atom is 0.237 e. The number of hydrogen-bond donors (Lipinski definition) is 2. The van der Waals surface area contributed by atoms with Gasteiger partial charge in [-0.2, -0.15) is 0 Å². The van der Waals surface area contributed by atoms with Crippen LogP contribution >= 0.6 is 0 Å². The second-order valence-electron chi connectivity index (χ2n) is 2.41. The van der Waals surface area contributed by atoms with Crippen molar-refractivity contribution in [3.8, 4) is 0 Å². The molecule has 62 valence electrons. The van der Waals surface area contributed by atoms with E-state index in [1.54, 1.807) is 6.08 Å². The summed E-state index contributed by atoms with van der Waals surface area (Å²) < 4.78 is 21.4. The molecule has 0 saturated carbocycles. The predicted molar refractivity (Wildman–Crippen MR) is 42.9 cm³/mol. The molecule has 1 aliphatic rings. The van der Waals surface area contributed by atoms with Gasteiger partial charge in [-0.1, -0.05) is 12.2 Å². The first-order valence-electron chi connectivity index (χ1n) is 3.17. The summed E-state index contributed by atoms with van der Waals surface area (Å²) in [5, 5.41) is 4.87. The highest BCUT2D eigenvalue weighted by atomic mass is 32.2. The standard InChI is InChI=1S/C6H10N2O2S/c7-5-1-3-6(4-2-5)11(8,9)10/h1,3-5H,2,7H2,(H2,8,9,10). The van der Waals surface area contributed by atoms with Gasteiger partial charge in [0.25, 0.3) is 0 Å². The van der Waals surface area contributed by atoms with Gasteiger partial charge in [-0.15, -0.1) is 0 Å². The first-order valence-corrected chi connectivity index (χ1v) is 4.71. The number of primary sulfonamides is 1. The van der Waals surface area contributed by atoms with Gasteiger partial charge >= 0.3 is 0 Å². The summed E-state index contributed by atoms with van der Waals surface area (Å²) in [5.41, 5.74) is 5.47. The maximum absolute atomic E-state index is 10.7. The molecule has 1 atom stereocenters. The minimum Gasteiger partial charge on any atom is -0.324 e. The molecule has 4 N–H and O–H groups in total. The van der Waals surface area contributed by atoms with Gasteiger partial charge in [0.15, 0.2) is 0 Å². The van der Waals surface area contributed by atoms with E-state index in [2.05, 4.69) is 0 Å². The predicted octanol–water partition coefficient (Wildman–Crippen LogP) is -0.554. The fourth-order valence-electron chi connectivity index (χ4n) is 0.828. The number of rotatable bonds is 1. The number of nitrogens with two attached hydrogens (primary N) is 2. The average molecular weight is 174 g/mol. The first kappa shape index (κ1) is 8.45. The van der Waals surface area contributed by atoms with Gasteiger partial charge in [0.1, 0.15) is 0 Å². The van der Waals surface area contributed by atoms with Crippen molar-refractivity contribution in [3.05, 3.63) is 23.1 Å². The van der Waals surface area contributed by atoms with Crippen molar-refractivity contribution in [2.75, 3.05) is 0 Å². The van der Waals surface area contributed by atoms with Crippen LogP contribution in [0.25, 0.3) is 0 Å². The van der Waals surface area contributed by atoms with E-state index < -0.39 is 10.0 Å². The van der Waals surface area contributed by atoms with Crippen molar-refractivity contribution in [1.82, 2.24) is 0 Å². The van der Waals surface area contributed by atoms with Crippen molar-refractivity contribution in [2.45, 2.75) is 12.5 Å². The molecular weight excluding hydrogens is 164 g/mol. The topological polar surface area (TPSA) is 86.2 Å². The summed E-state index contributed by atoms with van der Waals surface area (Å²) in [6.45, 7) is 0. The third-order valence-electron chi connectivity index (χ3n) is 1.43. The summed E-state index contributed by atoms with van der Waals surface area (Å²) in [5.74, 6) is 0. The third kappa shape index (κ3) is 2.14. The molecule has 0 amide bonds. The van der Waals surface area contributed by atoms with Crippen LogP contribution < -0.4 is 10.9 Å². The van der Waals surface area contributed by atoms with Crippen LogP contribution in [0.15, 0.2) is 23.1 Å². The molecule has 0 fully saturated rings. The van der Waals surface area contributed by atoms with E-state index in [0.717, 1.165) is 0 Å². The van der Waals surface area contributed by atoms with Crippen LogP contribution in [0.1, 0.15) is 6.42 Å². The second-order valence-corrected chi connectivity index (χ2v) is 3.97. The lowest BCUT2D eigenvalue weighted by Crippen LogP contribution is -2.21. The number of sulfonamides is 1. The monoisotopic (exact) mass is 174 g/mol. The first-order chi connectivity index (χ1) is 5.00. The normalized spacial score (nSPS) is 24.9. The molecule has 0 aromatic rings. The molecule has 0 saturated heterocycles. The van der Waals surface area contributed by atoms with E-state index >= 15 is 0 Å². The number of allylic oxidation sites excluding steroid dienone is 1. The maximum atomic E-state index is 10.7.